The Morgan fingerprint density at radius 3 is 2.26 bits per heavy atom. The van der Waals surface area contributed by atoms with Crippen LogP contribution >= 0.6 is 11.6 Å². The minimum atomic E-state index is -0.0435. The topological polar surface area (TPSA) is 43.1 Å². The van der Waals surface area contributed by atoms with Crippen LogP contribution in [0.15, 0.2) is 60.2 Å². The van der Waals surface area contributed by atoms with Crippen molar-refractivity contribution in [2.24, 2.45) is 5.73 Å². The molecule has 0 aliphatic carbocycles. The van der Waals surface area contributed by atoms with Gasteiger partial charge in [-0.1, -0.05) is 54.1 Å². The van der Waals surface area contributed by atoms with Gasteiger partial charge < -0.3 is 5.73 Å². The highest BCUT2D eigenvalue weighted by Gasteiger charge is 2.10. The van der Waals surface area contributed by atoms with Crippen molar-refractivity contribution in [2.75, 3.05) is 6.54 Å². The first-order valence-electron chi connectivity index (χ1n) is 5.96. The minimum Gasteiger partial charge on any atom is -0.326 e. The normalized spacial score (nSPS) is 11.4. The average molecular weight is 272 g/mol. The summed E-state index contributed by atoms with van der Waals surface area (Å²) >= 11 is 5.83. The molecule has 0 radical (unpaired) electrons. The molecule has 0 atom stereocenters. The van der Waals surface area contributed by atoms with Crippen LogP contribution in [0.5, 0.6) is 0 Å². The van der Waals surface area contributed by atoms with Gasteiger partial charge in [0.15, 0.2) is 5.78 Å². The summed E-state index contributed by atoms with van der Waals surface area (Å²) in [6.45, 7) is 0.205. The molecule has 0 heterocycles. The number of carbonyl (C=O) groups excluding carboxylic acids is 1. The first-order valence-corrected chi connectivity index (χ1v) is 6.34. The molecule has 2 aromatic carbocycles. The molecular weight excluding hydrogens is 258 g/mol. The zero-order valence-electron chi connectivity index (χ0n) is 10.3. The Kier molecular flexibility index (Phi) is 4.50. The molecule has 2 rings (SSSR count). The number of carbonyl (C=O) groups is 1. The van der Waals surface area contributed by atoms with Crippen LogP contribution in [-0.2, 0) is 0 Å². The summed E-state index contributed by atoms with van der Waals surface area (Å²) in [7, 11) is 0. The molecule has 96 valence electrons. The van der Waals surface area contributed by atoms with Crippen LogP contribution in [0.2, 0.25) is 5.02 Å². The monoisotopic (exact) mass is 271 g/mol. The molecule has 0 aromatic heterocycles. The third kappa shape index (κ3) is 3.53. The number of Topliss-reactive ketones (excluding diaryl/α,β-unsaturated/α-hetero) is 1. The molecule has 19 heavy (non-hydrogen) atoms. The van der Waals surface area contributed by atoms with Crippen molar-refractivity contribution in [3.63, 3.8) is 0 Å². The summed E-state index contributed by atoms with van der Waals surface area (Å²) < 4.78 is 0. The molecule has 0 aliphatic rings. The Bertz CT molecular complexity index is 588. The second-order valence-corrected chi connectivity index (χ2v) is 4.56. The van der Waals surface area contributed by atoms with E-state index in [1.54, 1.807) is 30.3 Å². The maximum atomic E-state index is 12.3. The smallest absolute Gasteiger partial charge is 0.190 e. The lowest BCUT2D eigenvalue weighted by Gasteiger charge is -2.04. The number of hydrogen-bond donors (Lipinski definition) is 1. The maximum absolute atomic E-state index is 12.3. The Labute approximate surface area is 117 Å². The van der Waals surface area contributed by atoms with Gasteiger partial charge in [0.05, 0.1) is 0 Å². The average Bonchev–Trinajstić information content (AvgIpc) is 2.47. The number of ketones is 1. The predicted molar refractivity (Wildman–Crippen MR) is 79.3 cm³/mol. The lowest BCUT2D eigenvalue weighted by molar-refractivity contribution is 0.103. The molecule has 0 aliphatic heterocycles. The van der Waals surface area contributed by atoms with Crippen LogP contribution < -0.4 is 5.73 Å². The van der Waals surface area contributed by atoms with Crippen LogP contribution in [0, 0.1) is 0 Å². The highest BCUT2D eigenvalue weighted by Crippen LogP contribution is 2.15. The van der Waals surface area contributed by atoms with E-state index in [2.05, 4.69) is 0 Å². The molecule has 0 saturated heterocycles. The van der Waals surface area contributed by atoms with Crippen molar-refractivity contribution in [1.82, 2.24) is 0 Å². The van der Waals surface area contributed by atoms with E-state index >= 15 is 0 Å². The van der Waals surface area contributed by atoms with Crippen molar-refractivity contribution in [1.29, 1.82) is 0 Å². The zero-order chi connectivity index (χ0) is 13.7. The third-order valence-corrected chi connectivity index (χ3v) is 3.01. The summed E-state index contributed by atoms with van der Waals surface area (Å²) in [5.41, 5.74) is 7.81. The van der Waals surface area contributed by atoms with Crippen molar-refractivity contribution in [3.8, 4) is 0 Å². The molecular formula is C16H14ClNO. The van der Waals surface area contributed by atoms with Crippen LogP contribution in [0.1, 0.15) is 15.9 Å². The van der Waals surface area contributed by atoms with E-state index in [0.29, 0.717) is 16.2 Å². The summed E-state index contributed by atoms with van der Waals surface area (Å²) in [6.07, 6.45) is 1.80. The summed E-state index contributed by atoms with van der Waals surface area (Å²) in [6, 6.07) is 16.4. The molecule has 0 bridgehead atoms. The van der Waals surface area contributed by atoms with E-state index in [1.165, 1.54) is 0 Å². The maximum Gasteiger partial charge on any atom is 0.190 e. The van der Waals surface area contributed by atoms with Gasteiger partial charge in [-0.3, -0.25) is 4.79 Å². The van der Waals surface area contributed by atoms with Gasteiger partial charge in [0.25, 0.3) is 0 Å². The number of rotatable bonds is 4. The Balaban J connectivity index is 2.29. The number of benzene rings is 2. The fourth-order valence-corrected chi connectivity index (χ4v) is 1.88. The number of halogens is 1. The fourth-order valence-electron chi connectivity index (χ4n) is 1.75. The second kappa shape index (κ2) is 6.32. The van der Waals surface area contributed by atoms with Crippen LogP contribution in [0.25, 0.3) is 6.08 Å². The first-order chi connectivity index (χ1) is 9.20. The van der Waals surface area contributed by atoms with Crippen molar-refractivity contribution < 1.29 is 4.79 Å². The van der Waals surface area contributed by atoms with Gasteiger partial charge in [0.2, 0.25) is 0 Å². The van der Waals surface area contributed by atoms with Gasteiger partial charge >= 0.3 is 0 Å². The zero-order valence-corrected chi connectivity index (χ0v) is 11.1. The molecule has 0 fully saturated rings. The van der Waals surface area contributed by atoms with E-state index in [4.69, 9.17) is 17.3 Å². The van der Waals surface area contributed by atoms with E-state index < -0.39 is 0 Å². The molecule has 0 amide bonds. The van der Waals surface area contributed by atoms with Crippen LogP contribution in [0.4, 0.5) is 0 Å². The van der Waals surface area contributed by atoms with Crippen molar-refractivity contribution in [2.45, 2.75) is 0 Å². The number of hydrogen-bond acceptors (Lipinski definition) is 2. The van der Waals surface area contributed by atoms with Gasteiger partial charge in [-0.05, 0) is 23.8 Å². The quantitative estimate of drug-likeness (QED) is 0.682. The second-order valence-electron chi connectivity index (χ2n) is 4.12. The first kappa shape index (κ1) is 13.5. The van der Waals surface area contributed by atoms with Crippen molar-refractivity contribution >= 4 is 23.5 Å². The van der Waals surface area contributed by atoms with Gasteiger partial charge in [-0.25, -0.2) is 0 Å². The minimum absolute atomic E-state index is 0.0435. The molecule has 0 saturated carbocycles. The number of nitrogens with two attached hydrogens (primary N) is 1. The molecule has 2 N–H and O–H groups in total. The summed E-state index contributed by atoms with van der Waals surface area (Å²) in [4.78, 5) is 12.3. The fraction of sp³-hybridized carbons (Fsp3) is 0.0625. The highest BCUT2D eigenvalue weighted by molar-refractivity contribution is 6.30. The van der Waals surface area contributed by atoms with Crippen molar-refractivity contribution in [3.05, 3.63) is 76.3 Å². The molecule has 0 spiro atoms. The molecule has 2 aromatic rings. The summed E-state index contributed by atoms with van der Waals surface area (Å²) in [5, 5.41) is 0.667. The Hall–Kier alpha value is -1.90. The highest BCUT2D eigenvalue weighted by atomic mass is 35.5. The molecule has 0 unspecified atom stereocenters. The van der Waals surface area contributed by atoms with E-state index in [1.807, 2.05) is 30.3 Å². The largest absolute Gasteiger partial charge is 0.326 e. The van der Waals surface area contributed by atoms with E-state index in [-0.39, 0.29) is 12.3 Å². The standard InChI is InChI=1S/C16H14ClNO/c17-15-8-6-12(7-9-15)10-14(11-18)16(19)13-4-2-1-3-5-13/h1-10H,11,18H2/b14-10+. The Morgan fingerprint density at radius 1 is 1.05 bits per heavy atom. The van der Waals surface area contributed by atoms with Crippen LogP contribution in [-0.4, -0.2) is 12.3 Å². The lowest BCUT2D eigenvalue weighted by atomic mass is 10.0. The van der Waals surface area contributed by atoms with Gasteiger partial charge in [-0.2, -0.15) is 0 Å². The SMILES string of the molecule is NC/C(=C\c1ccc(Cl)cc1)C(=O)c1ccccc1. The van der Waals surface area contributed by atoms with Gasteiger partial charge in [0, 0.05) is 22.7 Å². The predicted octanol–water partition coefficient (Wildman–Crippen LogP) is 3.57. The van der Waals surface area contributed by atoms with E-state index in [9.17, 15) is 4.79 Å². The summed E-state index contributed by atoms with van der Waals surface area (Å²) in [5.74, 6) is -0.0435. The molecule has 3 heteroatoms. The van der Waals surface area contributed by atoms with Crippen LogP contribution in [0.3, 0.4) is 0 Å². The van der Waals surface area contributed by atoms with E-state index in [0.717, 1.165) is 5.56 Å². The third-order valence-electron chi connectivity index (χ3n) is 2.76. The Morgan fingerprint density at radius 2 is 1.68 bits per heavy atom. The van der Waals surface area contributed by atoms with Gasteiger partial charge in [-0.15, -0.1) is 0 Å². The lowest BCUT2D eigenvalue weighted by Crippen LogP contribution is -2.13. The van der Waals surface area contributed by atoms with Gasteiger partial charge in [0.1, 0.15) is 0 Å². The molecule has 2 nitrogen and oxygen atoms in total.